The zero-order valence-corrected chi connectivity index (χ0v) is 8.29. The van der Waals surface area contributed by atoms with Crippen molar-refractivity contribution in [1.82, 2.24) is 0 Å². The molecule has 2 aromatic rings. The van der Waals surface area contributed by atoms with Crippen LogP contribution >= 0.6 is 0 Å². The maximum atomic E-state index is 13.4. The number of benzene rings is 1. The smallest absolute Gasteiger partial charge is 0.137 e. The van der Waals surface area contributed by atoms with Crippen LogP contribution in [0.3, 0.4) is 0 Å². The largest absolute Gasteiger partial charge is 0.464 e. The Morgan fingerprint density at radius 1 is 1.40 bits per heavy atom. The first-order chi connectivity index (χ1) is 7.25. The van der Waals surface area contributed by atoms with Gasteiger partial charge < -0.3 is 10.2 Å². The van der Waals surface area contributed by atoms with E-state index in [9.17, 15) is 4.39 Å². The molecule has 1 saturated carbocycles. The lowest BCUT2D eigenvalue weighted by Crippen LogP contribution is -2.20. The summed E-state index contributed by atoms with van der Waals surface area (Å²) in [5.41, 5.74) is 7.44. The fourth-order valence-corrected chi connectivity index (χ4v) is 2.17. The summed E-state index contributed by atoms with van der Waals surface area (Å²) in [5.74, 6) is -0.210. The minimum Gasteiger partial charge on any atom is -0.464 e. The van der Waals surface area contributed by atoms with E-state index in [0.29, 0.717) is 6.54 Å². The average molecular weight is 205 g/mol. The fraction of sp³-hybridized carbons (Fsp3) is 0.333. The van der Waals surface area contributed by atoms with Crippen LogP contribution in [-0.4, -0.2) is 6.54 Å². The molecular formula is C12H12FNO. The predicted octanol–water partition coefficient (Wildman–Crippen LogP) is 2.56. The van der Waals surface area contributed by atoms with Crippen molar-refractivity contribution in [2.75, 3.05) is 6.54 Å². The fourth-order valence-electron chi connectivity index (χ4n) is 2.17. The molecule has 0 unspecified atom stereocenters. The van der Waals surface area contributed by atoms with E-state index in [1.165, 1.54) is 6.07 Å². The Hall–Kier alpha value is -1.35. The van der Waals surface area contributed by atoms with E-state index >= 15 is 0 Å². The summed E-state index contributed by atoms with van der Waals surface area (Å²) in [6.07, 6.45) is 3.66. The highest BCUT2D eigenvalue weighted by Crippen LogP contribution is 2.49. The Labute approximate surface area is 86.9 Å². The molecule has 0 amide bonds. The van der Waals surface area contributed by atoms with Crippen LogP contribution in [0.1, 0.15) is 18.4 Å². The van der Waals surface area contributed by atoms with Crippen molar-refractivity contribution in [2.45, 2.75) is 18.3 Å². The van der Waals surface area contributed by atoms with Crippen molar-refractivity contribution in [1.29, 1.82) is 0 Å². The second kappa shape index (κ2) is 2.83. The van der Waals surface area contributed by atoms with Gasteiger partial charge in [-0.1, -0.05) is 0 Å². The molecule has 1 aromatic heterocycles. The Kier molecular flexibility index (Phi) is 1.68. The van der Waals surface area contributed by atoms with Gasteiger partial charge in [0.1, 0.15) is 11.4 Å². The molecule has 2 nitrogen and oxygen atoms in total. The van der Waals surface area contributed by atoms with Gasteiger partial charge in [0.25, 0.3) is 0 Å². The van der Waals surface area contributed by atoms with E-state index in [1.807, 2.05) is 0 Å². The second-order valence-corrected chi connectivity index (χ2v) is 4.28. The quantitative estimate of drug-likeness (QED) is 0.818. The van der Waals surface area contributed by atoms with Crippen molar-refractivity contribution >= 4 is 11.0 Å². The first kappa shape index (κ1) is 8.92. The number of nitrogens with two attached hydrogens (primary N) is 1. The summed E-state index contributed by atoms with van der Waals surface area (Å²) in [6, 6.07) is 4.84. The molecule has 3 rings (SSSR count). The standard InChI is InChI=1S/C12H12FNO/c13-9-5-8-1-4-15-11(8)10(6-9)12(7-14)2-3-12/h1,4-6H,2-3,7,14H2. The molecule has 0 radical (unpaired) electrons. The molecule has 15 heavy (non-hydrogen) atoms. The monoisotopic (exact) mass is 205 g/mol. The lowest BCUT2D eigenvalue weighted by atomic mass is 9.94. The molecule has 0 atom stereocenters. The van der Waals surface area contributed by atoms with Gasteiger partial charge in [-0.3, -0.25) is 0 Å². The third kappa shape index (κ3) is 1.20. The van der Waals surface area contributed by atoms with E-state index in [4.69, 9.17) is 10.2 Å². The van der Waals surface area contributed by atoms with Crippen molar-refractivity contribution in [3.63, 3.8) is 0 Å². The van der Waals surface area contributed by atoms with Crippen LogP contribution in [-0.2, 0) is 5.41 Å². The van der Waals surface area contributed by atoms with Gasteiger partial charge in [-0.25, -0.2) is 4.39 Å². The molecule has 1 aliphatic carbocycles. The minimum atomic E-state index is -0.210. The van der Waals surface area contributed by atoms with Crippen LogP contribution in [0, 0.1) is 5.82 Å². The first-order valence-corrected chi connectivity index (χ1v) is 5.12. The molecule has 78 valence electrons. The van der Waals surface area contributed by atoms with Crippen LogP contribution in [0.15, 0.2) is 28.9 Å². The molecule has 2 N–H and O–H groups in total. The number of furan rings is 1. The number of hydrogen-bond acceptors (Lipinski definition) is 2. The lowest BCUT2D eigenvalue weighted by molar-refractivity contribution is 0.586. The van der Waals surface area contributed by atoms with Crippen LogP contribution in [0.4, 0.5) is 4.39 Å². The summed E-state index contributed by atoms with van der Waals surface area (Å²) in [6.45, 7) is 0.562. The summed E-state index contributed by atoms with van der Waals surface area (Å²) < 4.78 is 18.8. The maximum absolute atomic E-state index is 13.4. The van der Waals surface area contributed by atoms with E-state index in [-0.39, 0.29) is 11.2 Å². The molecule has 1 heterocycles. The summed E-state index contributed by atoms with van der Waals surface area (Å²) in [4.78, 5) is 0. The topological polar surface area (TPSA) is 39.2 Å². The van der Waals surface area contributed by atoms with E-state index < -0.39 is 0 Å². The molecule has 1 aliphatic rings. The van der Waals surface area contributed by atoms with Gasteiger partial charge in [-0.2, -0.15) is 0 Å². The van der Waals surface area contributed by atoms with Crippen molar-refractivity contribution in [2.24, 2.45) is 5.73 Å². The van der Waals surface area contributed by atoms with Gasteiger partial charge in [0.15, 0.2) is 0 Å². The van der Waals surface area contributed by atoms with Gasteiger partial charge >= 0.3 is 0 Å². The summed E-state index contributed by atoms with van der Waals surface area (Å²) in [7, 11) is 0. The average Bonchev–Trinajstić information content (AvgIpc) is 2.90. The van der Waals surface area contributed by atoms with E-state index in [0.717, 1.165) is 29.4 Å². The summed E-state index contributed by atoms with van der Waals surface area (Å²) >= 11 is 0. The van der Waals surface area contributed by atoms with Crippen molar-refractivity contribution in [3.05, 3.63) is 35.8 Å². The van der Waals surface area contributed by atoms with E-state index in [2.05, 4.69) is 0 Å². The number of rotatable bonds is 2. The molecule has 1 fully saturated rings. The number of fused-ring (bicyclic) bond motifs is 1. The van der Waals surface area contributed by atoms with E-state index in [1.54, 1.807) is 18.4 Å². The summed E-state index contributed by atoms with van der Waals surface area (Å²) in [5, 5.41) is 0.824. The predicted molar refractivity (Wildman–Crippen MR) is 56.1 cm³/mol. The Morgan fingerprint density at radius 3 is 2.87 bits per heavy atom. The Bertz CT molecular complexity index is 513. The van der Waals surface area contributed by atoms with Gasteiger partial charge in [-0.05, 0) is 31.0 Å². The third-order valence-electron chi connectivity index (χ3n) is 3.33. The van der Waals surface area contributed by atoms with Crippen molar-refractivity contribution < 1.29 is 8.81 Å². The lowest BCUT2D eigenvalue weighted by Gasteiger charge is -2.13. The molecule has 3 heteroatoms. The molecule has 0 spiro atoms. The van der Waals surface area contributed by atoms with Crippen LogP contribution in [0.25, 0.3) is 11.0 Å². The van der Waals surface area contributed by atoms with Crippen molar-refractivity contribution in [3.8, 4) is 0 Å². The highest BCUT2D eigenvalue weighted by molar-refractivity contribution is 5.82. The number of hydrogen-bond donors (Lipinski definition) is 1. The zero-order valence-electron chi connectivity index (χ0n) is 8.29. The molecular weight excluding hydrogens is 193 g/mol. The highest BCUT2D eigenvalue weighted by atomic mass is 19.1. The zero-order chi connectivity index (χ0) is 10.5. The van der Waals surface area contributed by atoms with Gasteiger partial charge in [0, 0.05) is 22.9 Å². The first-order valence-electron chi connectivity index (χ1n) is 5.12. The molecule has 0 bridgehead atoms. The maximum Gasteiger partial charge on any atom is 0.137 e. The second-order valence-electron chi connectivity index (χ2n) is 4.28. The third-order valence-corrected chi connectivity index (χ3v) is 3.33. The number of halogens is 1. The van der Waals surface area contributed by atoms with Gasteiger partial charge in [0.2, 0.25) is 0 Å². The van der Waals surface area contributed by atoms with Crippen LogP contribution in [0.2, 0.25) is 0 Å². The highest BCUT2D eigenvalue weighted by Gasteiger charge is 2.44. The Morgan fingerprint density at radius 2 is 2.20 bits per heavy atom. The minimum absolute atomic E-state index is 0.0296. The van der Waals surface area contributed by atoms with Gasteiger partial charge in [0.05, 0.1) is 6.26 Å². The normalized spacial score (nSPS) is 18.3. The van der Waals surface area contributed by atoms with Crippen LogP contribution in [0.5, 0.6) is 0 Å². The Balaban J connectivity index is 2.28. The molecule has 1 aromatic carbocycles. The van der Waals surface area contributed by atoms with Gasteiger partial charge in [-0.15, -0.1) is 0 Å². The molecule has 0 aliphatic heterocycles. The van der Waals surface area contributed by atoms with Crippen LogP contribution < -0.4 is 5.73 Å². The SMILES string of the molecule is NCC1(c2cc(F)cc3ccoc23)CC1. The molecule has 0 saturated heterocycles.